The summed E-state index contributed by atoms with van der Waals surface area (Å²) in [6, 6.07) is 17.2. The van der Waals surface area contributed by atoms with E-state index < -0.39 is 0 Å². The first-order valence-corrected chi connectivity index (χ1v) is 7.52. The molecule has 0 radical (unpaired) electrons. The van der Waals surface area contributed by atoms with Crippen LogP contribution in [0.5, 0.6) is 0 Å². The summed E-state index contributed by atoms with van der Waals surface area (Å²) >= 11 is 3.42. The van der Waals surface area contributed by atoms with Gasteiger partial charge < -0.3 is 5.32 Å². The molecule has 3 heteroatoms. The van der Waals surface area contributed by atoms with E-state index in [1.165, 1.54) is 18.4 Å². The first-order valence-electron chi connectivity index (χ1n) is 6.73. The predicted molar refractivity (Wildman–Crippen MR) is 80.7 cm³/mol. The number of rotatable bonds is 5. The molecule has 1 atom stereocenters. The maximum atomic E-state index is 4.47. The van der Waals surface area contributed by atoms with Crippen molar-refractivity contribution in [3.8, 4) is 0 Å². The molecule has 0 bridgehead atoms. The second kappa shape index (κ2) is 5.85. The van der Waals surface area contributed by atoms with Gasteiger partial charge in [0.25, 0.3) is 0 Å². The van der Waals surface area contributed by atoms with Gasteiger partial charge in [-0.2, -0.15) is 0 Å². The van der Waals surface area contributed by atoms with Crippen LogP contribution in [0, 0.1) is 5.92 Å². The molecule has 1 N–H and O–H groups in total. The summed E-state index contributed by atoms with van der Waals surface area (Å²) in [5.41, 5.74) is 2.47. The van der Waals surface area contributed by atoms with Crippen molar-refractivity contribution in [1.82, 2.24) is 10.3 Å². The van der Waals surface area contributed by atoms with Gasteiger partial charge in [-0.15, -0.1) is 0 Å². The first kappa shape index (κ1) is 12.8. The van der Waals surface area contributed by atoms with Crippen molar-refractivity contribution >= 4 is 15.9 Å². The minimum absolute atomic E-state index is 0.460. The number of aromatic nitrogens is 1. The Kier molecular flexibility index (Phi) is 3.95. The van der Waals surface area contributed by atoms with Crippen LogP contribution in [-0.4, -0.2) is 4.98 Å². The zero-order valence-corrected chi connectivity index (χ0v) is 12.3. The molecule has 1 saturated carbocycles. The molecule has 2 nitrogen and oxygen atoms in total. The molecule has 1 unspecified atom stereocenters. The van der Waals surface area contributed by atoms with Gasteiger partial charge >= 0.3 is 0 Å². The van der Waals surface area contributed by atoms with Crippen molar-refractivity contribution in [3.63, 3.8) is 0 Å². The number of benzene rings is 1. The van der Waals surface area contributed by atoms with Crippen LogP contribution < -0.4 is 5.32 Å². The summed E-state index contributed by atoms with van der Waals surface area (Å²) in [4.78, 5) is 4.47. The molecule has 0 spiro atoms. The van der Waals surface area contributed by atoms with Crippen LogP contribution in [0.4, 0.5) is 0 Å². The van der Waals surface area contributed by atoms with Gasteiger partial charge in [0.2, 0.25) is 0 Å². The Morgan fingerprint density at radius 3 is 2.58 bits per heavy atom. The molecular formula is C16H17BrN2. The second-order valence-electron chi connectivity index (χ2n) is 5.06. The fourth-order valence-corrected chi connectivity index (χ4v) is 2.79. The third-order valence-corrected chi connectivity index (χ3v) is 3.97. The maximum Gasteiger partial charge on any atom is 0.106 e. The number of hydrogen-bond donors (Lipinski definition) is 1. The van der Waals surface area contributed by atoms with Crippen LogP contribution in [0.3, 0.4) is 0 Å². The third-order valence-electron chi connectivity index (χ3n) is 3.53. The van der Waals surface area contributed by atoms with Gasteiger partial charge in [0, 0.05) is 12.6 Å². The van der Waals surface area contributed by atoms with Crippen LogP contribution in [0.15, 0.2) is 53.1 Å². The average molecular weight is 317 g/mol. The molecular weight excluding hydrogens is 300 g/mol. The lowest BCUT2D eigenvalue weighted by Crippen LogP contribution is -2.23. The molecule has 19 heavy (non-hydrogen) atoms. The molecule has 1 fully saturated rings. The standard InChI is InChI=1S/C16H17BrN2/c17-15-8-4-7-14(19-15)11-18-16(13-9-10-13)12-5-2-1-3-6-12/h1-8,13,16,18H,9-11H2. The van der Waals surface area contributed by atoms with E-state index in [1.54, 1.807) is 0 Å². The van der Waals surface area contributed by atoms with Crippen molar-refractivity contribution in [2.75, 3.05) is 0 Å². The monoisotopic (exact) mass is 316 g/mol. The fourth-order valence-electron chi connectivity index (χ4n) is 2.41. The summed E-state index contributed by atoms with van der Waals surface area (Å²) < 4.78 is 0.898. The van der Waals surface area contributed by atoms with Crippen LogP contribution in [0.25, 0.3) is 0 Å². The van der Waals surface area contributed by atoms with E-state index >= 15 is 0 Å². The highest BCUT2D eigenvalue weighted by molar-refractivity contribution is 9.10. The van der Waals surface area contributed by atoms with Crippen molar-refractivity contribution in [1.29, 1.82) is 0 Å². The zero-order chi connectivity index (χ0) is 13.1. The highest BCUT2D eigenvalue weighted by Crippen LogP contribution is 2.41. The molecule has 1 aromatic heterocycles. The van der Waals surface area contributed by atoms with Crippen molar-refractivity contribution in [2.24, 2.45) is 5.92 Å². The Bertz CT molecular complexity index is 537. The van der Waals surface area contributed by atoms with Gasteiger partial charge in [0.1, 0.15) is 4.60 Å². The minimum atomic E-state index is 0.460. The highest BCUT2D eigenvalue weighted by atomic mass is 79.9. The normalized spacial score (nSPS) is 16.3. The average Bonchev–Trinajstić information content (AvgIpc) is 3.25. The molecule has 1 aromatic carbocycles. The number of nitrogens with one attached hydrogen (secondary N) is 1. The Balaban J connectivity index is 1.69. The number of halogens is 1. The Hall–Kier alpha value is -1.19. The lowest BCUT2D eigenvalue weighted by Gasteiger charge is -2.18. The molecule has 1 aliphatic rings. The number of nitrogens with zero attached hydrogens (tertiary/aromatic N) is 1. The summed E-state index contributed by atoms with van der Waals surface area (Å²) in [5, 5.41) is 3.66. The molecule has 1 heterocycles. The van der Waals surface area contributed by atoms with E-state index in [0.29, 0.717) is 6.04 Å². The highest BCUT2D eigenvalue weighted by Gasteiger charge is 2.31. The van der Waals surface area contributed by atoms with E-state index in [0.717, 1.165) is 22.8 Å². The van der Waals surface area contributed by atoms with E-state index in [-0.39, 0.29) is 0 Å². The summed E-state index contributed by atoms with van der Waals surface area (Å²) in [5.74, 6) is 0.787. The Morgan fingerprint density at radius 1 is 1.11 bits per heavy atom. The SMILES string of the molecule is Brc1cccc(CNC(c2ccccc2)C2CC2)n1. The van der Waals surface area contributed by atoms with E-state index in [2.05, 4.69) is 62.6 Å². The molecule has 0 aliphatic heterocycles. The Morgan fingerprint density at radius 2 is 1.89 bits per heavy atom. The van der Waals surface area contributed by atoms with Crippen LogP contribution >= 0.6 is 15.9 Å². The van der Waals surface area contributed by atoms with Crippen molar-refractivity contribution in [3.05, 3.63) is 64.4 Å². The minimum Gasteiger partial charge on any atom is -0.304 e. The van der Waals surface area contributed by atoms with Gasteiger partial charge in [-0.05, 0) is 52.4 Å². The molecule has 1 aliphatic carbocycles. The van der Waals surface area contributed by atoms with Gasteiger partial charge in [-0.3, -0.25) is 0 Å². The van der Waals surface area contributed by atoms with Crippen LogP contribution in [0.2, 0.25) is 0 Å². The van der Waals surface area contributed by atoms with Gasteiger partial charge in [-0.1, -0.05) is 36.4 Å². The molecule has 2 aromatic rings. The lowest BCUT2D eigenvalue weighted by molar-refractivity contribution is 0.476. The van der Waals surface area contributed by atoms with Gasteiger partial charge in [-0.25, -0.2) is 4.98 Å². The number of hydrogen-bond acceptors (Lipinski definition) is 2. The van der Waals surface area contributed by atoms with E-state index in [9.17, 15) is 0 Å². The Labute approximate surface area is 122 Å². The summed E-state index contributed by atoms with van der Waals surface area (Å²) in [6.45, 7) is 0.815. The second-order valence-corrected chi connectivity index (χ2v) is 5.87. The van der Waals surface area contributed by atoms with E-state index in [1.807, 2.05) is 12.1 Å². The van der Waals surface area contributed by atoms with Crippen LogP contribution in [-0.2, 0) is 6.54 Å². The van der Waals surface area contributed by atoms with Crippen LogP contribution in [0.1, 0.15) is 30.1 Å². The third kappa shape index (κ3) is 3.43. The molecule has 0 amide bonds. The maximum absolute atomic E-state index is 4.47. The van der Waals surface area contributed by atoms with Gasteiger partial charge in [0.15, 0.2) is 0 Å². The predicted octanol–water partition coefficient (Wildman–Crippen LogP) is 4.09. The van der Waals surface area contributed by atoms with Gasteiger partial charge in [0.05, 0.1) is 5.69 Å². The largest absolute Gasteiger partial charge is 0.304 e. The van der Waals surface area contributed by atoms with E-state index in [4.69, 9.17) is 0 Å². The zero-order valence-electron chi connectivity index (χ0n) is 10.7. The molecule has 3 rings (SSSR count). The topological polar surface area (TPSA) is 24.9 Å². The summed E-state index contributed by atoms with van der Waals surface area (Å²) in [6.07, 6.45) is 2.66. The quantitative estimate of drug-likeness (QED) is 0.840. The van der Waals surface area contributed by atoms with Crippen molar-refractivity contribution in [2.45, 2.75) is 25.4 Å². The number of pyridine rings is 1. The first-order chi connectivity index (χ1) is 9.33. The molecule has 98 valence electrons. The lowest BCUT2D eigenvalue weighted by atomic mass is 10.0. The fraction of sp³-hybridized carbons (Fsp3) is 0.312. The molecule has 0 saturated heterocycles. The smallest absolute Gasteiger partial charge is 0.106 e. The van der Waals surface area contributed by atoms with Crippen molar-refractivity contribution < 1.29 is 0 Å². The summed E-state index contributed by atoms with van der Waals surface area (Å²) in [7, 11) is 0.